The number of nitrogens with zero attached hydrogens (tertiary/aromatic N) is 2. The second kappa shape index (κ2) is 4.31. The number of carbonyl (C=O) groups is 2. The van der Waals surface area contributed by atoms with Crippen LogP contribution in [0.25, 0.3) is 0 Å². The number of piperidine rings is 1. The van der Waals surface area contributed by atoms with E-state index >= 15 is 0 Å². The molecule has 2 aliphatic rings. The summed E-state index contributed by atoms with van der Waals surface area (Å²) in [5, 5.41) is 8.79. The van der Waals surface area contributed by atoms with E-state index in [4.69, 9.17) is 11.0 Å². The van der Waals surface area contributed by atoms with Crippen LogP contribution < -0.4 is 5.73 Å². The van der Waals surface area contributed by atoms with Gasteiger partial charge in [0.05, 0.1) is 17.9 Å². The third-order valence-electron chi connectivity index (χ3n) is 4.47. The van der Waals surface area contributed by atoms with E-state index in [1.54, 1.807) is 6.92 Å². The number of nitriles is 1. The maximum Gasteiger partial charge on any atom is 0.233 e. The number of amides is 2. The summed E-state index contributed by atoms with van der Waals surface area (Å²) in [7, 11) is 0. The molecule has 1 aliphatic heterocycles. The minimum Gasteiger partial charge on any atom is -0.314 e. The average Bonchev–Trinajstić information content (AvgIpc) is 2.79. The number of rotatable bonds is 5. The van der Waals surface area contributed by atoms with E-state index in [1.165, 1.54) is 4.90 Å². The maximum absolute atomic E-state index is 12.0. The lowest BCUT2D eigenvalue weighted by Gasteiger charge is -2.21. The highest BCUT2D eigenvalue weighted by Gasteiger charge is 2.72. The topological polar surface area (TPSA) is 87.2 Å². The summed E-state index contributed by atoms with van der Waals surface area (Å²) in [6, 6.07) is 2.04. The van der Waals surface area contributed by atoms with Crippen LogP contribution in [0.15, 0.2) is 0 Å². The highest BCUT2D eigenvalue weighted by molar-refractivity contribution is 6.10. The van der Waals surface area contributed by atoms with Crippen LogP contribution in [-0.2, 0) is 9.59 Å². The molecule has 0 aromatic heterocycles. The zero-order valence-electron chi connectivity index (χ0n) is 11.8. The lowest BCUT2D eigenvalue weighted by molar-refractivity contribution is -0.143. The standard InChI is InChI=1S/C14H21N3O2/c1-13(2)9-10(13)12(19)17(11(9)18)7-5-4-6-14(3,16)8-15/h9-10H,4-7,16H2,1-3H3. The van der Waals surface area contributed by atoms with Crippen LogP contribution in [0.1, 0.15) is 40.0 Å². The second-order valence-electron chi connectivity index (χ2n) is 6.59. The van der Waals surface area contributed by atoms with Crippen molar-refractivity contribution in [2.24, 2.45) is 23.0 Å². The van der Waals surface area contributed by atoms with Gasteiger partial charge in [-0.25, -0.2) is 0 Å². The van der Waals surface area contributed by atoms with Gasteiger partial charge in [0.15, 0.2) is 0 Å². The monoisotopic (exact) mass is 263 g/mol. The van der Waals surface area contributed by atoms with Crippen molar-refractivity contribution in [3.05, 3.63) is 0 Å². The Kier molecular flexibility index (Phi) is 3.18. The zero-order chi connectivity index (χ0) is 14.4. The summed E-state index contributed by atoms with van der Waals surface area (Å²) < 4.78 is 0. The molecule has 2 N–H and O–H groups in total. The van der Waals surface area contributed by atoms with E-state index in [1.807, 2.05) is 19.9 Å². The third kappa shape index (κ3) is 2.25. The Balaban J connectivity index is 1.79. The van der Waals surface area contributed by atoms with Crippen molar-refractivity contribution >= 4 is 11.8 Å². The molecule has 1 saturated carbocycles. The number of hydrogen-bond donors (Lipinski definition) is 1. The number of imide groups is 1. The fourth-order valence-electron chi connectivity index (χ4n) is 3.04. The van der Waals surface area contributed by atoms with Crippen molar-refractivity contribution in [1.82, 2.24) is 4.90 Å². The Bertz CT molecular complexity index is 438. The predicted molar refractivity (Wildman–Crippen MR) is 69.5 cm³/mol. The fourth-order valence-corrected chi connectivity index (χ4v) is 3.04. The van der Waals surface area contributed by atoms with Crippen molar-refractivity contribution in [3.8, 4) is 6.07 Å². The largest absolute Gasteiger partial charge is 0.314 e. The van der Waals surface area contributed by atoms with Gasteiger partial charge in [-0.1, -0.05) is 13.8 Å². The molecule has 2 amide bonds. The van der Waals surface area contributed by atoms with E-state index in [9.17, 15) is 9.59 Å². The molecular weight excluding hydrogens is 242 g/mol. The molecule has 5 nitrogen and oxygen atoms in total. The number of carbonyl (C=O) groups excluding carboxylic acids is 2. The van der Waals surface area contributed by atoms with Gasteiger partial charge in [-0.2, -0.15) is 5.26 Å². The SMILES string of the molecule is CC(N)(C#N)CCCCN1C(=O)C2C(C1=O)C2(C)C. The predicted octanol–water partition coefficient (Wildman–Crippen LogP) is 1.04. The second-order valence-corrected chi connectivity index (χ2v) is 6.59. The van der Waals surface area contributed by atoms with E-state index in [0.29, 0.717) is 19.4 Å². The molecule has 0 bridgehead atoms. The summed E-state index contributed by atoms with van der Waals surface area (Å²) in [5.41, 5.74) is 4.77. The number of hydrogen-bond acceptors (Lipinski definition) is 4. The zero-order valence-corrected chi connectivity index (χ0v) is 11.8. The van der Waals surface area contributed by atoms with Crippen LogP contribution in [0.4, 0.5) is 0 Å². The Morgan fingerprint density at radius 1 is 1.32 bits per heavy atom. The summed E-state index contributed by atoms with van der Waals surface area (Å²) >= 11 is 0. The number of likely N-dealkylation sites (tertiary alicyclic amines) is 1. The smallest absolute Gasteiger partial charge is 0.233 e. The van der Waals surface area contributed by atoms with Gasteiger partial charge >= 0.3 is 0 Å². The minimum absolute atomic E-state index is 0.0178. The van der Waals surface area contributed by atoms with Crippen molar-refractivity contribution in [3.63, 3.8) is 0 Å². The third-order valence-corrected chi connectivity index (χ3v) is 4.47. The first-order valence-corrected chi connectivity index (χ1v) is 6.78. The van der Waals surface area contributed by atoms with Gasteiger partial charge in [0.2, 0.25) is 11.8 Å². The molecule has 1 heterocycles. The molecular formula is C14H21N3O2. The van der Waals surface area contributed by atoms with Crippen LogP contribution in [0, 0.1) is 28.6 Å². The fraction of sp³-hybridized carbons (Fsp3) is 0.786. The average molecular weight is 263 g/mol. The highest BCUT2D eigenvalue weighted by Crippen LogP contribution is 2.63. The van der Waals surface area contributed by atoms with Gasteiger partial charge in [-0.05, 0) is 31.6 Å². The summed E-state index contributed by atoms with van der Waals surface area (Å²) in [6.07, 6.45) is 2.04. The van der Waals surface area contributed by atoms with Crippen LogP contribution in [0.3, 0.4) is 0 Å². The molecule has 1 aliphatic carbocycles. The van der Waals surface area contributed by atoms with Gasteiger partial charge in [-0.3, -0.25) is 14.5 Å². The molecule has 1 saturated heterocycles. The van der Waals surface area contributed by atoms with Crippen molar-refractivity contribution in [2.75, 3.05) is 6.54 Å². The first-order valence-electron chi connectivity index (χ1n) is 6.78. The van der Waals surface area contributed by atoms with Crippen molar-refractivity contribution in [1.29, 1.82) is 5.26 Å². The molecule has 2 rings (SSSR count). The molecule has 0 aromatic carbocycles. The number of fused-ring (bicyclic) bond motifs is 1. The molecule has 0 radical (unpaired) electrons. The highest BCUT2D eigenvalue weighted by atomic mass is 16.2. The van der Waals surface area contributed by atoms with E-state index in [0.717, 1.165) is 6.42 Å². The first-order chi connectivity index (χ1) is 8.72. The Labute approximate surface area is 113 Å². The van der Waals surface area contributed by atoms with Crippen molar-refractivity contribution in [2.45, 2.75) is 45.6 Å². The van der Waals surface area contributed by atoms with Gasteiger partial charge < -0.3 is 5.73 Å². The van der Waals surface area contributed by atoms with E-state index < -0.39 is 5.54 Å². The maximum atomic E-state index is 12.0. The van der Waals surface area contributed by atoms with Crippen LogP contribution in [0.5, 0.6) is 0 Å². The Morgan fingerprint density at radius 3 is 2.32 bits per heavy atom. The molecule has 3 atom stereocenters. The quantitative estimate of drug-likeness (QED) is 0.593. The van der Waals surface area contributed by atoms with Gasteiger partial charge in [0.1, 0.15) is 5.54 Å². The van der Waals surface area contributed by atoms with Crippen LogP contribution in [0.2, 0.25) is 0 Å². The Hall–Kier alpha value is -1.41. The molecule has 2 fully saturated rings. The lowest BCUT2D eigenvalue weighted by atomic mass is 9.98. The normalized spacial score (nSPS) is 30.8. The summed E-state index contributed by atoms with van der Waals surface area (Å²) in [6.45, 7) is 6.10. The molecule has 3 unspecified atom stereocenters. The summed E-state index contributed by atoms with van der Waals surface area (Å²) in [4.78, 5) is 25.5. The van der Waals surface area contributed by atoms with Gasteiger partial charge in [0.25, 0.3) is 0 Å². The molecule has 104 valence electrons. The molecule has 0 spiro atoms. The molecule has 19 heavy (non-hydrogen) atoms. The first kappa shape index (κ1) is 14.0. The van der Waals surface area contributed by atoms with E-state index in [-0.39, 0.29) is 29.1 Å². The van der Waals surface area contributed by atoms with Crippen molar-refractivity contribution < 1.29 is 9.59 Å². The van der Waals surface area contributed by atoms with Gasteiger partial charge in [-0.15, -0.1) is 0 Å². The van der Waals surface area contributed by atoms with Crippen LogP contribution >= 0.6 is 0 Å². The minimum atomic E-state index is -0.816. The molecule has 5 heteroatoms. The number of unbranched alkanes of at least 4 members (excludes halogenated alkanes) is 1. The lowest BCUT2D eigenvalue weighted by Crippen LogP contribution is -2.37. The summed E-state index contributed by atoms with van der Waals surface area (Å²) in [5.74, 6) is -0.232. The van der Waals surface area contributed by atoms with E-state index in [2.05, 4.69) is 0 Å². The Morgan fingerprint density at radius 2 is 1.84 bits per heavy atom. The number of nitrogens with two attached hydrogens (primary N) is 1. The van der Waals surface area contributed by atoms with Crippen LogP contribution in [-0.4, -0.2) is 28.8 Å². The molecule has 0 aromatic rings. The van der Waals surface area contributed by atoms with Gasteiger partial charge in [0, 0.05) is 6.54 Å².